The fourth-order valence-electron chi connectivity index (χ4n) is 1.06. The Balaban J connectivity index is 0. The van der Waals surface area contributed by atoms with Crippen molar-refractivity contribution in [3.05, 3.63) is 23.8 Å². The minimum atomic E-state index is -0.578. The summed E-state index contributed by atoms with van der Waals surface area (Å²) in [4.78, 5) is 21.3. The summed E-state index contributed by atoms with van der Waals surface area (Å²) < 4.78 is 9.96. The van der Waals surface area contributed by atoms with Gasteiger partial charge in [0.05, 0.1) is 14.2 Å². The molecule has 76 valence electrons. The van der Waals surface area contributed by atoms with E-state index in [2.05, 4.69) is 0 Å². The van der Waals surface area contributed by atoms with Gasteiger partial charge < -0.3 is 9.47 Å². The molecule has 0 aromatic heterocycles. The molecular formula is C10H10Na2O4. The quantitative estimate of drug-likeness (QED) is 0.329. The summed E-state index contributed by atoms with van der Waals surface area (Å²) in [5.41, 5.74) is 0.289. The van der Waals surface area contributed by atoms with Crippen LogP contribution in [0, 0.1) is 0 Å². The third-order valence-electron chi connectivity index (χ3n) is 1.78. The van der Waals surface area contributed by atoms with Crippen LogP contribution in [-0.2, 0) is 4.79 Å². The Labute approximate surface area is 138 Å². The summed E-state index contributed by atoms with van der Waals surface area (Å²) in [5, 5.41) is 0. The van der Waals surface area contributed by atoms with Gasteiger partial charge in [0.15, 0.2) is 17.8 Å². The van der Waals surface area contributed by atoms with Crippen molar-refractivity contribution < 1.29 is 19.1 Å². The molecule has 1 aromatic carbocycles. The molecule has 0 unspecified atom stereocenters. The number of rotatable bonds is 4. The number of hydrogen-bond acceptors (Lipinski definition) is 4. The molecule has 2 radical (unpaired) electrons. The zero-order chi connectivity index (χ0) is 10.6. The van der Waals surface area contributed by atoms with E-state index >= 15 is 0 Å². The largest absolute Gasteiger partial charge is 0.493 e. The van der Waals surface area contributed by atoms with Crippen LogP contribution in [-0.4, -0.2) is 85.4 Å². The smallest absolute Gasteiger partial charge is 0.225 e. The second-order valence-corrected chi connectivity index (χ2v) is 2.55. The Morgan fingerprint density at radius 3 is 2.12 bits per heavy atom. The third kappa shape index (κ3) is 4.57. The monoisotopic (exact) mass is 240 g/mol. The van der Waals surface area contributed by atoms with Crippen LogP contribution in [0.15, 0.2) is 18.2 Å². The molecule has 0 bridgehead atoms. The van der Waals surface area contributed by atoms with Crippen molar-refractivity contribution in [2.24, 2.45) is 0 Å². The number of aldehydes is 1. The molecule has 16 heavy (non-hydrogen) atoms. The van der Waals surface area contributed by atoms with Crippen molar-refractivity contribution in [2.45, 2.75) is 0 Å². The molecule has 1 aromatic rings. The maximum absolute atomic E-state index is 11.0. The zero-order valence-electron chi connectivity index (χ0n) is 9.94. The van der Waals surface area contributed by atoms with Gasteiger partial charge in [0.2, 0.25) is 5.78 Å². The molecular weight excluding hydrogens is 230 g/mol. The first-order chi connectivity index (χ1) is 6.72. The molecule has 0 aliphatic carbocycles. The van der Waals surface area contributed by atoms with Gasteiger partial charge in [-0.25, -0.2) is 0 Å². The second-order valence-electron chi connectivity index (χ2n) is 2.55. The Kier molecular flexibility index (Phi) is 10.7. The number of benzene rings is 1. The van der Waals surface area contributed by atoms with Gasteiger partial charge in [0, 0.05) is 64.7 Å². The normalized spacial score (nSPS) is 8.12. The molecule has 0 fully saturated rings. The first kappa shape index (κ1) is 18.5. The van der Waals surface area contributed by atoms with Crippen molar-refractivity contribution in [3.8, 4) is 11.5 Å². The molecule has 0 saturated carbocycles. The van der Waals surface area contributed by atoms with Crippen molar-refractivity contribution in [1.82, 2.24) is 0 Å². The van der Waals surface area contributed by atoms with Crippen molar-refractivity contribution in [2.75, 3.05) is 14.2 Å². The topological polar surface area (TPSA) is 52.6 Å². The number of ketones is 1. The molecule has 0 atom stereocenters. The van der Waals surface area contributed by atoms with E-state index in [4.69, 9.17) is 9.47 Å². The number of ether oxygens (including phenoxy) is 2. The Morgan fingerprint density at radius 2 is 1.69 bits per heavy atom. The Morgan fingerprint density at radius 1 is 1.12 bits per heavy atom. The molecule has 0 amide bonds. The molecule has 0 aliphatic heterocycles. The van der Waals surface area contributed by atoms with E-state index < -0.39 is 5.78 Å². The minimum Gasteiger partial charge on any atom is -0.493 e. The average molecular weight is 240 g/mol. The predicted molar refractivity (Wildman–Crippen MR) is 61.4 cm³/mol. The van der Waals surface area contributed by atoms with E-state index in [1.54, 1.807) is 6.07 Å². The maximum atomic E-state index is 11.0. The van der Waals surface area contributed by atoms with Gasteiger partial charge in [0.25, 0.3) is 0 Å². The van der Waals surface area contributed by atoms with Crippen LogP contribution in [0.5, 0.6) is 11.5 Å². The van der Waals surface area contributed by atoms with E-state index in [0.29, 0.717) is 11.5 Å². The van der Waals surface area contributed by atoms with E-state index in [0.717, 1.165) is 0 Å². The average Bonchev–Trinajstić information content (AvgIpc) is 2.26. The predicted octanol–water partition coefficient (Wildman–Crippen LogP) is 0.324. The molecule has 1 rings (SSSR count). The number of carbonyl (C=O) groups excluding carboxylic acids is 2. The minimum absolute atomic E-state index is 0. The van der Waals surface area contributed by atoms with Gasteiger partial charge in [-0.3, -0.25) is 9.59 Å². The van der Waals surface area contributed by atoms with Crippen molar-refractivity contribution >= 4 is 71.2 Å². The fraction of sp³-hybridized carbons (Fsp3) is 0.200. The first-order valence-corrected chi connectivity index (χ1v) is 3.94. The van der Waals surface area contributed by atoms with E-state index in [1.807, 2.05) is 0 Å². The Hall–Kier alpha value is 0.160. The maximum Gasteiger partial charge on any atom is 0.225 e. The van der Waals surface area contributed by atoms with Crippen LogP contribution in [0.4, 0.5) is 0 Å². The molecule has 0 heterocycles. The molecule has 0 N–H and O–H groups in total. The summed E-state index contributed by atoms with van der Waals surface area (Å²) in [5.74, 6) is 0.376. The third-order valence-corrected chi connectivity index (χ3v) is 1.78. The van der Waals surface area contributed by atoms with E-state index in [-0.39, 0.29) is 71.0 Å². The molecule has 4 nitrogen and oxygen atoms in total. The van der Waals surface area contributed by atoms with Gasteiger partial charge >= 0.3 is 0 Å². The van der Waals surface area contributed by atoms with Crippen LogP contribution in [0.2, 0.25) is 0 Å². The fourth-order valence-corrected chi connectivity index (χ4v) is 1.06. The number of hydrogen-bond donors (Lipinski definition) is 0. The van der Waals surface area contributed by atoms with E-state index in [1.165, 1.54) is 26.4 Å². The standard InChI is InChI=1S/C10H10O4.2Na/c1-13-9-4-3-7(8(12)6-11)5-10(9)14-2;;/h3-6H,1-2H3;;. The van der Waals surface area contributed by atoms with Gasteiger partial charge in [-0.05, 0) is 18.2 Å². The Bertz CT molecular complexity index is 366. The van der Waals surface area contributed by atoms with Gasteiger partial charge in [-0.2, -0.15) is 0 Å². The van der Waals surface area contributed by atoms with Crippen LogP contribution < -0.4 is 9.47 Å². The molecule has 6 heteroatoms. The molecule has 0 spiro atoms. The van der Waals surface area contributed by atoms with Gasteiger partial charge in [-0.1, -0.05) is 0 Å². The summed E-state index contributed by atoms with van der Waals surface area (Å²) in [6.07, 6.45) is 0.265. The van der Waals surface area contributed by atoms with Gasteiger partial charge in [0.1, 0.15) is 0 Å². The van der Waals surface area contributed by atoms with E-state index in [9.17, 15) is 9.59 Å². The SMILES string of the molecule is COc1ccc(C(=O)C=O)cc1OC.[Na].[Na]. The summed E-state index contributed by atoms with van der Waals surface area (Å²) in [7, 11) is 2.96. The van der Waals surface area contributed by atoms with Crippen LogP contribution >= 0.6 is 0 Å². The summed E-state index contributed by atoms with van der Waals surface area (Å²) in [6.45, 7) is 0. The van der Waals surface area contributed by atoms with Crippen molar-refractivity contribution in [3.63, 3.8) is 0 Å². The van der Waals surface area contributed by atoms with Gasteiger partial charge in [-0.15, -0.1) is 0 Å². The summed E-state index contributed by atoms with van der Waals surface area (Å²) >= 11 is 0. The van der Waals surface area contributed by atoms with Crippen LogP contribution in [0.1, 0.15) is 10.4 Å². The van der Waals surface area contributed by atoms with Crippen molar-refractivity contribution in [1.29, 1.82) is 0 Å². The zero-order valence-corrected chi connectivity index (χ0v) is 13.9. The second kappa shape index (κ2) is 9.22. The number of carbonyl (C=O) groups is 2. The van der Waals surface area contributed by atoms with Crippen LogP contribution in [0.3, 0.4) is 0 Å². The molecule has 0 saturated heterocycles. The first-order valence-electron chi connectivity index (χ1n) is 3.94. The van der Waals surface area contributed by atoms with Crippen LogP contribution in [0.25, 0.3) is 0 Å². The summed E-state index contributed by atoms with van der Waals surface area (Å²) in [6, 6.07) is 4.56. The number of Topliss-reactive ketones (excluding diaryl/α,β-unsaturated/α-hetero) is 1. The molecule has 0 aliphatic rings. The number of methoxy groups -OCH3 is 2.